The highest BCUT2D eigenvalue weighted by atomic mass is 79.9. The van der Waals surface area contributed by atoms with Crippen molar-refractivity contribution in [3.8, 4) is 11.8 Å². The van der Waals surface area contributed by atoms with Crippen molar-refractivity contribution in [3.05, 3.63) is 28.4 Å². The number of ether oxygens (including phenoxy) is 1. The van der Waals surface area contributed by atoms with Gasteiger partial charge in [0.2, 0.25) is 0 Å². The number of aromatic amines is 1. The fourth-order valence-corrected chi connectivity index (χ4v) is 2.55. The molecule has 0 amide bonds. The van der Waals surface area contributed by atoms with E-state index < -0.39 is 0 Å². The molecule has 0 saturated carbocycles. The van der Waals surface area contributed by atoms with E-state index in [9.17, 15) is 0 Å². The van der Waals surface area contributed by atoms with Crippen LogP contribution in [0.15, 0.2) is 22.8 Å². The molecule has 2 aromatic rings. The zero-order valence-corrected chi connectivity index (χ0v) is 11.5. The van der Waals surface area contributed by atoms with Crippen LogP contribution in [-0.4, -0.2) is 23.4 Å². The molecule has 1 saturated heterocycles. The van der Waals surface area contributed by atoms with Crippen LogP contribution in [0.4, 0.5) is 0 Å². The number of nitrogens with zero attached hydrogens (tertiary/aromatic N) is 1. The molecule has 3 nitrogen and oxygen atoms in total. The minimum atomic E-state index is 0.364. The summed E-state index contributed by atoms with van der Waals surface area (Å²) in [6, 6.07) is 4.07. The Labute approximate surface area is 114 Å². The van der Waals surface area contributed by atoms with Crippen LogP contribution in [0, 0.1) is 17.8 Å². The first kappa shape index (κ1) is 11.8. The van der Waals surface area contributed by atoms with Crippen LogP contribution >= 0.6 is 15.9 Å². The molecule has 1 aliphatic rings. The lowest BCUT2D eigenvalue weighted by Gasteiger charge is -2.16. The quantitative estimate of drug-likeness (QED) is 0.760. The summed E-state index contributed by atoms with van der Waals surface area (Å²) >= 11 is 3.55. The van der Waals surface area contributed by atoms with Crippen LogP contribution in [0.2, 0.25) is 0 Å². The van der Waals surface area contributed by atoms with Gasteiger partial charge in [-0.3, -0.25) is 5.10 Å². The number of nitrogens with one attached hydrogen (secondary N) is 1. The summed E-state index contributed by atoms with van der Waals surface area (Å²) in [5.74, 6) is 6.90. The number of H-pyrrole nitrogens is 1. The van der Waals surface area contributed by atoms with Crippen LogP contribution < -0.4 is 0 Å². The highest BCUT2D eigenvalue weighted by Gasteiger charge is 2.10. The van der Waals surface area contributed by atoms with Gasteiger partial charge in [0.1, 0.15) is 0 Å². The Morgan fingerprint density at radius 1 is 1.44 bits per heavy atom. The van der Waals surface area contributed by atoms with Crippen LogP contribution in [-0.2, 0) is 4.74 Å². The van der Waals surface area contributed by atoms with Crippen molar-refractivity contribution in [2.45, 2.75) is 12.8 Å². The van der Waals surface area contributed by atoms with Crippen molar-refractivity contribution in [2.75, 3.05) is 13.2 Å². The number of halogens is 1. The highest BCUT2D eigenvalue weighted by Crippen LogP contribution is 2.22. The van der Waals surface area contributed by atoms with Gasteiger partial charge in [-0.15, -0.1) is 0 Å². The molecule has 1 aromatic heterocycles. The maximum atomic E-state index is 5.43. The molecular weight excluding hydrogens is 292 g/mol. The molecule has 0 spiro atoms. The average molecular weight is 305 g/mol. The molecule has 4 heteroatoms. The number of rotatable bonds is 0. The summed E-state index contributed by atoms with van der Waals surface area (Å²) < 4.78 is 6.44. The third-order valence-corrected chi connectivity index (χ3v) is 3.76. The molecule has 92 valence electrons. The van der Waals surface area contributed by atoms with Crippen molar-refractivity contribution >= 4 is 26.8 Å². The van der Waals surface area contributed by atoms with E-state index in [4.69, 9.17) is 4.74 Å². The summed E-state index contributed by atoms with van der Waals surface area (Å²) in [6.45, 7) is 1.64. The summed E-state index contributed by atoms with van der Waals surface area (Å²) in [7, 11) is 0. The molecule has 1 unspecified atom stereocenters. The third-order valence-electron chi connectivity index (χ3n) is 3.10. The van der Waals surface area contributed by atoms with Crippen molar-refractivity contribution in [2.24, 2.45) is 5.92 Å². The van der Waals surface area contributed by atoms with Crippen LogP contribution in [0.1, 0.15) is 18.4 Å². The van der Waals surface area contributed by atoms with Gasteiger partial charge < -0.3 is 4.74 Å². The van der Waals surface area contributed by atoms with Gasteiger partial charge in [0.15, 0.2) is 0 Å². The van der Waals surface area contributed by atoms with Gasteiger partial charge in [-0.1, -0.05) is 11.8 Å². The van der Waals surface area contributed by atoms with Gasteiger partial charge in [0.05, 0.1) is 18.3 Å². The summed E-state index contributed by atoms with van der Waals surface area (Å²) in [4.78, 5) is 0. The summed E-state index contributed by atoms with van der Waals surface area (Å²) in [5.41, 5.74) is 2.01. The zero-order valence-electron chi connectivity index (χ0n) is 9.87. The molecule has 1 aliphatic heterocycles. The van der Waals surface area contributed by atoms with Crippen molar-refractivity contribution in [1.29, 1.82) is 0 Å². The number of hydrogen-bond donors (Lipinski definition) is 1. The summed E-state index contributed by atoms with van der Waals surface area (Å²) in [6.07, 6.45) is 4.06. The van der Waals surface area contributed by atoms with Crippen LogP contribution in [0.3, 0.4) is 0 Å². The van der Waals surface area contributed by atoms with Crippen molar-refractivity contribution < 1.29 is 4.74 Å². The number of hydrogen-bond acceptors (Lipinski definition) is 2. The third kappa shape index (κ3) is 2.43. The van der Waals surface area contributed by atoms with E-state index in [1.54, 1.807) is 0 Å². The van der Waals surface area contributed by atoms with E-state index in [0.717, 1.165) is 47.0 Å². The Bertz CT molecular complexity index is 617. The van der Waals surface area contributed by atoms with Crippen LogP contribution in [0.5, 0.6) is 0 Å². The van der Waals surface area contributed by atoms with E-state index in [1.807, 2.05) is 18.3 Å². The molecule has 1 N–H and O–H groups in total. The molecule has 18 heavy (non-hydrogen) atoms. The molecular formula is C14H13BrN2O. The summed E-state index contributed by atoms with van der Waals surface area (Å²) in [5, 5.41) is 8.07. The SMILES string of the molecule is Brc1cc2cn[nH]c2cc1C#CC1CCCOC1. The van der Waals surface area contributed by atoms with Gasteiger partial charge in [-0.25, -0.2) is 0 Å². The monoisotopic (exact) mass is 304 g/mol. The minimum absolute atomic E-state index is 0.364. The normalized spacial score (nSPS) is 19.5. The van der Waals surface area contributed by atoms with E-state index in [1.165, 1.54) is 0 Å². The molecule has 1 fully saturated rings. The molecule has 0 aliphatic carbocycles. The topological polar surface area (TPSA) is 37.9 Å². The maximum absolute atomic E-state index is 5.43. The largest absolute Gasteiger partial charge is 0.380 e. The Kier molecular flexibility index (Phi) is 3.35. The number of fused-ring (bicyclic) bond motifs is 1. The van der Waals surface area contributed by atoms with Crippen molar-refractivity contribution in [3.63, 3.8) is 0 Å². The molecule has 0 radical (unpaired) electrons. The number of aromatic nitrogens is 2. The fourth-order valence-electron chi connectivity index (χ4n) is 2.09. The molecule has 3 rings (SSSR count). The molecule has 2 heterocycles. The standard InChI is InChI=1S/C14H13BrN2O/c15-13-6-12-8-16-17-14(12)7-11(13)4-3-10-2-1-5-18-9-10/h6-8,10H,1-2,5,9H2,(H,16,17). The van der Waals surface area contributed by atoms with Gasteiger partial charge in [-0.05, 0) is 40.9 Å². The second-order valence-corrected chi connectivity index (χ2v) is 5.33. The maximum Gasteiger partial charge on any atom is 0.0663 e. The molecule has 1 atom stereocenters. The van der Waals surface area contributed by atoms with Gasteiger partial charge in [-0.2, -0.15) is 5.10 Å². The average Bonchev–Trinajstić information content (AvgIpc) is 2.84. The Balaban J connectivity index is 1.89. The van der Waals surface area contributed by atoms with E-state index >= 15 is 0 Å². The van der Waals surface area contributed by atoms with E-state index in [0.29, 0.717) is 5.92 Å². The highest BCUT2D eigenvalue weighted by molar-refractivity contribution is 9.10. The van der Waals surface area contributed by atoms with E-state index in [2.05, 4.69) is 38.0 Å². The molecule has 1 aromatic carbocycles. The smallest absolute Gasteiger partial charge is 0.0663 e. The number of benzene rings is 1. The lowest BCUT2D eigenvalue weighted by molar-refractivity contribution is 0.0740. The second-order valence-electron chi connectivity index (χ2n) is 4.47. The predicted octanol–water partition coefficient (Wildman–Crippen LogP) is 3.10. The van der Waals surface area contributed by atoms with Gasteiger partial charge in [0, 0.05) is 27.9 Å². The second kappa shape index (κ2) is 5.13. The Morgan fingerprint density at radius 3 is 3.22 bits per heavy atom. The molecule has 0 bridgehead atoms. The van der Waals surface area contributed by atoms with Gasteiger partial charge >= 0.3 is 0 Å². The van der Waals surface area contributed by atoms with Gasteiger partial charge in [0.25, 0.3) is 0 Å². The van der Waals surface area contributed by atoms with E-state index in [-0.39, 0.29) is 0 Å². The Hall–Kier alpha value is -1.31. The lowest BCUT2D eigenvalue weighted by Crippen LogP contribution is -2.15. The minimum Gasteiger partial charge on any atom is -0.380 e. The first-order valence-corrected chi connectivity index (χ1v) is 6.84. The first-order chi connectivity index (χ1) is 8.83. The fraction of sp³-hybridized carbons (Fsp3) is 0.357. The predicted molar refractivity (Wildman–Crippen MR) is 74.2 cm³/mol. The zero-order chi connectivity index (χ0) is 12.4. The van der Waals surface area contributed by atoms with Crippen molar-refractivity contribution in [1.82, 2.24) is 10.2 Å². The first-order valence-electron chi connectivity index (χ1n) is 6.05. The lowest BCUT2D eigenvalue weighted by atomic mass is 10.0. The van der Waals surface area contributed by atoms with Crippen LogP contribution in [0.25, 0.3) is 10.9 Å². The Morgan fingerprint density at radius 2 is 2.39 bits per heavy atom.